The first-order valence-corrected chi connectivity index (χ1v) is 7.60. The number of aromatic carboxylic acids is 1. The number of carboxylic acid groups (broad SMARTS) is 1. The van der Waals surface area contributed by atoms with Crippen LogP contribution in [0.2, 0.25) is 0 Å². The highest BCUT2D eigenvalue weighted by Crippen LogP contribution is 2.22. The zero-order chi connectivity index (χ0) is 16.1. The van der Waals surface area contributed by atoms with E-state index < -0.39 is 11.8 Å². The molecule has 22 heavy (non-hydrogen) atoms. The largest absolute Gasteiger partial charge is 0.478 e. The summed E-state index contributed by atoms with van der Waals surface area (Å²) < 4.78 is 14.0. The van der Waals surface area contributed by atoms with E-state index in [1.54, 1.807) is 12.1 Å². The third-order valence-corrected chi connectivity index (χ3v) is 3.54. The van der Waals surface area contributed by atoms with Crippen molar-refractivity contribution in [3.63, 3.8) is 0 Å². The van der Waals surface area contributed by atoms with E-state index in [1.807, 2.05) is 0 Å². The third-order valence-electron chi connectivity index (χ3n) is 3.54. The highest BCUT2D eigenvalue weighted by Gasteiger charge is 2.15. The topological polar surface area (TPSA) is 53.4 Å². The molecule has 2 rings (SSSR count). The highest BCUT2D eigenvalue weighted by atomic mass is 19.1. The Hall–Kier alpha value is -2.01. The molecule has 0 radical (unpaired) electrons. The van der Waals surface area contributed by atoms with Crippen molar-refractivity contribution < 1.29 is 14.3 Å². The summed E-state index contributed by atoms with van der Waals surface area (Å²) >= 11 is 0. The SMILES string of the molecule is CCCN(CCC)Cc1cc(C(=O)O)c2cccc(F)c2n1. The van der Waals surface area contributed by atoms with E-state index in [4.69, 9.17) is 0 Å². The fourth-order valence-corrected chi connectivity index (χ4v) is 2.66. The Kier molecular flexibility index (Phi) is 5.44. The molecule has 1 aromatic carbocycles. The number of fused-ring (bicyclic) bond motifs is 1. The van der Waals surface area contributed by atoms with Gasteiger partial charge in [-0.25, -0.2) is 14.2 Å². The van der Waals surface area contributed by atoms with E-state index in [0.29, 0.717) is 17.6 Å². The average Bonchev–Trinajstić information content (AvgIpc) is 2.48. The summed E-state index contributed by atoms with van der Waals surface area (Å²) in [7, 11) is 0. The van der Waals surface area contributed by atoms with Crippen LogP contribution in [0, 0.1) is 5.82 Å². The van der Waals surface area contributed by atoms with Crippen LogP contribution in [0.1, 0.15) is 42.7 Å². The normalized spacial score (nSPS) is 11.3. The van der Waals surface area contributed by atoms with Crippen LogP contribution in [-0.2, 0) is 6.54 Å². The van der Waals surface area contributed by atoms with Crippen molar-refractivity contribution in [3.8, 4) is 0 Å². The lowest BCUT2D eigenvalue weighted by molar-refractivity contribution is 0.0698. The number of nitrogens with zero attached hydrogens (tertiary/aromatic N) is 2. The number of pyridine rings is 1. The fraction of sp³-hybridized carbons (Fsp3) is 0.412. The molecule has 0 spiro atoms. The van der Waals surface area contributed by atoms with E-state index in [9.17, 15) is 14.3 Å². The number of aromatic nitrogens is 1. The second kappa shape index (κ2) is 7.31. The maximum Gasteiger partial charge on any atom is 0.336 e. The number of carbonyl (C=O) groups is 1. The van der Waals surface area contributed by atoms with Crippen molar-refractivity contribution >= 4 is 16.9 Å². The molecule has 1 N–H and O–H groups in total. The molecular formula is C17H21FN2O2. The van der Waals surface area contributed by atoms with Gasteiger partial charge < -0.3 is 5.11 Å². The van der Waals surface area contributed by atoms with Gasteiger partial charge in [-0.1, -0.05) is 26.0 Å². The second-order valence-corrected chi connectivity index (χ2v) is 5.38. The van der Waals surface area contributed by atoms with Crippen molar-refractivity contribution in [3.05, 3.63) is 41.3 Å². The van der Waals surface area contributed by atoms with Crippen molar-refractivity contribution in [1.82, 2.24) is 9.88 Å². The Bertz CT molecular complexity index is 667. The van der Waals surface area contributed by atoms with E-state index in [2.05, 4.69) is 23.7 Å². The maximum atomic E-state index is 14.0. The minimum atomic E-state index is -1.06. The summed E-state index contributed by atoms with van der Waals surface area (Å²) in [4.78, 5) is 18.0. The fourth-order valence-electron chi connectivity index (χ4n) is 2.66. The second-order valence-electron chi connectivity index (χ2n) is 5.38. The predicted octanol–water partition coefficient (Wildman–Crippen LogP) is 3.69. The molecule has 2 aromatic rings. The van der Waals surface area contributed by atoms with Gasteiger partial charge in [0.15, 0.2) is 0 Å². The van der Waals surface area contributed by atoms with E-state index in [1.165, 1.54) is 12.1 Å². The number of carboxylic acids is 1. The van der Waals surface area contributed by atoms with Gasteiger partial charge in [-0.05, 0) is 38.1 Å². The minimum absolute atomic E-state index is 0.104. The van der Waals surface area contributed by atoms with Gasteiger partial charge in [-0.2, -0.15) is 0 Å². The highest BCUT2D eigenvalue weighted by molar-refractivity contribution is 6.02. The molecule has 5 heteroatoms. The predicted molar refractivity (Wildman–Crippen MR) is 84.5 cm³/mol. The monoisotopic (exact) mass is 304 g/mol. The summed E-state index contributed by atoms with van der Waals surface area (Å²) in [5, 5.41) is 9.72. The molecule has 0 fully saturated rings. The Morgan fingerprint density at radius 3 is 2.55 bits per heavy atom. The van der Waals surface area contributed by atoms with Crippen LogP contribution < -0.4 is 0 Å². The van der Waals surface area contributed by atoms with Crippen LogP contribution in [0.3, 0.4) is 0 Å². The molecule has 0 aliphatic heterocycles. The summed E-state index contributed by atoms with van der Waals surface area (Å²) in [6.45, 7) is 6.55. The van der Waals surface area contributed by atoms with Crippen LogP contribution in [0.5, 0.6) is 0 Å². The van der Waals surface area contributed by atoms with Crippen LogP contribution in [-0.4, -0.2) is 34.0 Å². The first-order chi connectivity index (χ1) is 10.6. The molecule has 0 atom stereocenters. The summed E-state index contributed by atoms with van der Waals surface area (Å²) in [6, 6.07) is 5.96. The number of benzene rings is 1. The van der Waals surface area contributed by atoms with Gasteiger partial charge in [0.25, 0.3) is 0 Å². The van der Waals surface area contributed by atoms with Crippen LogP contribution in [0.25, 0.3) is 10.9 Å². The quantitative estimate of drug-likeness (QED) is 0.847. The Morgan fingerprint density at radius 2 is 1.95 bits per heavy atom. The van der Waals surface area contributed by atoms with Gasteiger partial charge in [-0.3, -0.25) is 4.90 Å². The first-order valence-electron chi connectivity index (χ1n) is 7.60. The molecule has 0 aliphatic rings. The first kappa shape index (κ1) is 16.4. The molecule has 0 unspecified atom stereocenters. The van der Waals surface area contributed by atoms with Gasteiger partial charge in [0.05, 0.1) is 11.3 Å². The number of para-hydroxylation sites is 1. The lowest BCUT2D eigenvalue weighted by Gasteiger charge is -2.21. The Labute approximate surface area is 129 Å². The number of hydrogen-bond acceptors (Lipinski definition) is 3. The molecular weight excluding hydrogens is 283 g/mol. The smallest absolute Gasteiger partial charge is 0.336 e. The van der Waals surface area contributed by atoms with Crippen molar-refractivity contribution in [1.29, 1.82) is 0 Å². The van der Waals surface area contributed by atoms with Gasteiger partial charge in [0.2, 0.25) is 0 Å². The van der Waals surface area contributed by atoms with E-state index >= 15 is 0 Å². The zero-order valence-electron chi connectivity index (χ0n) is 13.0. The standard InChI is InChI=1S/C17H21FN2O2/c1-3-8-20(9-4-2)11-12-10-14(17(21)22)13-6-5-7-15(18)16(13)19-12/h5-7,10H,3-4,8-9,11H2,1-2H3,(H,21,22). The number of halogens is 1. The van der Waals surface area contributed by atoms with Gasteiger partial charge in [0.1, 0.15) is 11.3 Å². The molecule has 0 bridgehead atoms. The lowest BCUT2D eigenvalue weighted by atomic mass is 10.1. The molecule has 0 aliphatic carbocycles. The minimum Gasteiger partial charge on any atom is -0.478 e. The van der Waals surface area contributed by atoms with Crippen molar-refractivity contribution in [2.45, 2.75) is 33.2 Å². The zero-order valence-corrected chi connectivity index (χ0v) is 13.0. The van der Waals surface area contributed by atoms with E-state index in [0.717, 1.165) is 25.9 Å². The van der Waals surface area contributed by atoms with Gasteiger partial charge in [0, 0.05) is 11.9 Å². The summed E-state index contributed by atoms with van der Waals surface area (Å²) in [5.41, 5.74) is 0.828. The number of hydrogen-bond donors (Lipinski definition) is 1. The third kappa shape index (κ3) is 3.60. The molecule has 0 saturated carbocycles. The molecule has 4 nitrogen and oxygen atoms in total. The van der Waals surface area contributed by atoms with Crippen molar-refractivity contribution in [2.75, 3.05) is 13.1 Å². The molecule has 0 amide bonds. The molecule has 118 valence electrons. The van der Waals surface area contributed by atoms with Crippen LogP contribution >= 0.6 is 0 Å². The lowest BCUT2D eigenvalue weighted by Crippen LogP contribution is -2.25. The van der Waals surface area contributed by atoms with E-state index in [-0.39, 0.29) is 11.1 Å². The van der Waals surface area contributed by atoms with Crippen LogP contribution in [0.15, 0.2) is 24.3 Å². The molecule has 1 aromatic heterocycles. The Morgan fingerprint density at radius 1 is 1.27 bits per heavy atom. The van der Waals surface area contributed by atoms with Crippen molar-refractivity contribution in [2.24, 2.45) is 0 Å². The van der Waals surface area contributed by atoms with Gasteiger partial charge in [-0.15, -0.1) is 0 Å². The maximum absolute atomic E-state index is 14.0. The summed E-state index contributed by atoms with van der Waals surface area (Å²) in [6.07, 6.45) is 2.02. The van der Waals surface area contributed by atoms with Gasteiger partial charge >= 0.3 is 5.97 Å². The number of rotatable bonds is 7. The molecule has 0 saturated heterocycles. The Balaban J connectivity index is 2.46. The molecule has 1 heterocycles. The average molecular weight is 304 g/mol. The van der Waals surface area contributed by atoms with Crippen LogP contribution in [0.4, 0.5) is 4.39 Å². The summed E-state index contributed by atoms with van der Waals surface area (Å²) in [5.74, 6) is -1.55.